The van der Waals surface area contributed by atoms with Crippen LogP contribution in [0.3, 0.4) is 0 Å². The molecule has 1 aliphatic rings. The molecule has 1 aliphatic heterocycles. The predicted octanol–water partition coefficient (Wildman–Crippen LogP) is 2.55. The van der Waals surface area contributed by atoms with Gasteiger partial charge in [-0.1, -0.05) is 26.3 Å². The molecule has 0 spiro atoms. The van der Waals surface area contributed by atoms with Crippen molar-refractivity contribution in [3.63, 3.8) is 0 Å². The van der Waals surface area contributed by atoms with Crippen LogP contribution in [0.2, 0.25) is 0 Å². The van der Waals surface area contributed by atoms with Crippen LogP contribution in [0.15, 0.2) is 24.5 Å². The Balaban J connectivity index is 1.81. The van der Waals surface area contributed by atoms with Crippen molar-refractivity contribution in [2.45, 2.75) is 58.4 Å². The minimum absolute atomic E-state index is 0.298. The highest BCUT2D eigenvalue weighted by molar-refractivity contribution is 6.37. The molecule has 1 aromatic heterocycles. The number of nitrogens with zero attached hydrogens (tertiary/aromatic N) is 2. The second-order valence-electron chi connectivity index (χ2n) is 6.84. The Hall–Kier alpha value is -2.24. The van der Waals surface area contributed by atoms with E-state index in [-0.39, 0.29) is 5.92 Å². The van der Waals surface area contributed by atoms with Gasteiger partial charge in [-0.2, -0.15) is 0 Å². The molecular formula is C20H28N2O4. The van der Waals surface area contributed by atoms with Gasteiger partial charge in [0.2, 0.25) is 5.78 Å². The maximum Gasteiger partial charge on any atom is 0.328 e. The summed E-state index contributed by atoms with van der Waals surface area (Å²) < 4.78 is 5.35. The Kier molecular flexibility index (Phi) is 7.75. The minimum atomic E-state index is -0.626. The molecule has 1 saturated heterocycles. The quantitative estimate of drug-likeness (QED) is 0.384. The highest BCUT2D eigenvalue weighted by Crippen LogP contribution is 2.21. The fourth-order valence-electron chi connectivity index (χ4n) is 3.26. The van der Waals surface area contributed by atoms with Gasteiger partial charge in [0.1, 0.15) is 6.04 Å². The van der Waals surface area contributed by atoms with E-state index in [1.165, 1.54) is 4.90 Å². The number of carbonyl (C=O) groups is 3. The first-order valence-electron chi connectivity index (χ1n) is 9.45. The van der Waals surface area contributed by atoms with Crippen molar-refractivity contribution in [1.29, 1.82) is 0 Å². The van der Waals surface area contributed by atoms with Crippen molar-refractivity contribution >= 4 is 17.7 Å². The molecule has 0 radical (unpaired) electrons. The van der Waals surface area contributed by atoms with E-state index in [1.807, 2.05) is 19.1 Å². The monoisotopic (exact) mass is 360 g/mol. The van der Waals surface area contributed by atoms with Crippen molar-refractivity contribution < 1.29 is 19.1 Å². The van der Waals surface area contributed by atoms with Gasteiger partial charge in [-0.05, 0) is 43.7 Å². The first kappa shape index (κ1) is 20.1. The predicted molar refractivity (Wildman–Crippen MR) is 97.3 cm³/mol. The molecule has 1 amide bonds. The molecule has 2 unspecified atom stereocenters. The summed E-state index contributed by atoms with van der Waals surface area (Å²) in [6.07, 6.45) is 7.80. The molecular weight excluding hydrogens is 332 g/mol. The fourth-order valence-corrected chi connectivity index (χ4v) is 3.26. The molecule has 26 heavy (non-hydrogen) atoms. The Bertz CT molecular complexity index is 617. The standard InChI is InChI=1S/C20H28N2O4/c1-3-7-15(2)18(23)19(24)22-12-5-10-17(22)20(25)26-13-6-9-16-8-4-11-21-14-16/h4,8,11,14-15,17H,3,5-7,9-10,12-13H2,1-2H3. The number of pyridine rings is 1. The van der Waals surface area contributed by atoms with Crippen LogP contribution in [0.1, 0.15) is 51.5 Å². The first-order chi connectivity index (χ1) is 12.5. The van der Waals surface area contributed by atoms with Crippen LogP contribution in [0.4, 0.5) is 0 Å². The van der Waals surface area contributed by atoms with E-state index in [0.717, 1.165) is 24.8 Å². The molecule has 0 aromatic carbocycles. The van der Waals surface area contributed by atoms with Crippen molar-refractivity contribution in [3.8, 4) is 0 Å². The lowest BCUT2D eigenvalue weighted by Gasteiger charge is -2.23. The van der Waals surface area contributed by atoms with E-state index in [4.69, 9.17) is 4.74 Å². The van der Waals surface area contributed by atoms with Gasteiger partial charge in [0.25, 0.3) is 5.91 Å². The third-order valence-electron chi connectivity index (χ3n) is 4.74. The molecule has 6 heteroatoms. The number of hydrogen-bond donors (Lipinski definition) is 0. The summed E-state index contributed by atoms with van der Waals surface area (Å²) >= 11 is 0. The van der Waals surface area contributed by atoms with Gasteiger partial charge in [0.15, 0.2) is 0 Å². The lowest BCUT2D eigenvalue weighted by atomic mass is 10.00. The Morgan fingerprint density at radius 2 is 2.19 bits per heavy atom. The second kappa shape index (κ2) is 10.0. The normalized spacial score (nSPS) is 17.8. The van der Waals surface area contributed by atoms with Gasteiger partial charge < -0.3 is 9.64 Å². The van der Waals surface area contributed by atoms with Gasteiger partial charge in [0, 0.05) is 24.9 Å². The number of ether oxygens (including phenoxy) is 1. The number of rotatable bonds is 9. The summed E-state index contributed by atoms with van der Waals surface area (Å²) in [5.41, 5.74) is 1.09. The highest BCUT2D eigenvalue weighted by atomic mass is 16.5. The molecule has 2 heterocycles. The van der Waals surface area contributed by atoms with E-state index in [1.54, 1.807) is 19.3 Å². The van der Waals surface area contributed by atoms with Crippen molar-refractivity contribution in [3.05, 3.63) is 30.1 Å². The molecule has 0 N–H and O–H groups in total. The van der Waals surface area contributed by atoms with Crippen molar-refractivity contribution in [1.82, 2.24) is 9.88 Å². The number of aromatic nitrogens is 1. The largest absolute Gasteiger partial charge is 0.464 e. The van der Waals surface area contributed by atoms with Crippen LogP contribution in [0.25, 0.3) is 0 Å². The van der Waals surface area contributed by atoms with Crippen LogP contribution >= 0.6 is 0 Å². The molecule has 1 aromatic rings. The average molecular weight is 360 g/mol. The second-order valence-corrected chi connectivity index (χ2v) is 6.84. The molecule has 142 valence electrons. The minimum Gasteiger partial charge on any atom is -0.464 e. The number of hydrogen-bond acceptors (Lipinski definition) is 5. The zero-order valence-electron chi connectivity index (χ0n) is 15.6. The van der Waals surface area contributed by atoms with Crippen LogP contribution in [-0.2, 0) is 25.5 Å². The van der Waals surface area contributed by atoms with Gasteiger partial charge in [-0.25, -0.2) is 4.79 Å². The summed E-state index contributed by atoms with van der Waals surface area (Å²) in [6.45, 7) is 4.49. The van der Waals surface area contributed by atoms with Crippen molar-refractivity contribution in [2.24, 2.45) is 5.92 Å². The van der Waals surface area contributed by atoms with E-state index in [0.29, 0.717) is 32.4 Å². The molecule has 1 fully saturated rings. The lowest BCUT2D eigenvalue weighted by molar-refractivity contribution is -0.156. The Labute approximate surface area is 154 Å². The van der Waals surface area contributed by atoms with E-state index >= 15 is 0 Å². The zero-order chi connectivity index (χ0) is 18.9. The number of likely N-dealkylation sites (tertiary alicyclic amines) is 1. The third-order valence-corrected chi connectivity index (χ3v) is 4.74. The van der Waals surface area contributed by atoms with Crippen molar-refractivity contribution in [2.75, 3.05) is 13.2 Å². The Morgan fingerprint density at radius 1 is 1.38 bits per heavy atom. The van der Waals surface area contributed by atoms with E-state index in [2.05, 4.69) is 4.98 Å². The summed E-state index contributed by atoms with van der Waals surface area (Å²) in [5.74, 6) is -1.65. The van der Waals surface area contributed by atoms with Crippen LogP contribution in [0, 0.1) is 5.92 Å². The van der Waals surface area contributed by atoms with Gasteiger partial charge in [-0.3, -0.25) is 14.6 Å². The average Bonchev–Trinajstić information content (AvgIpc) is 3.14. The number of Topliss-reactive ketones (excluding diaryl/α,β-unsaturated/α-hetero) is 1. The molecule has 0 bridgehead atoms. The lowest BCUT2D eigenvalue weighted by Crippen LogP contribution is -2.46. The summed E-state index contributed by atoms with van der Waals surface area (Å²) in [4.78, 5) is 42.5. The maximum absolute atomic E-state index is 12.5. The molecule has 2 atom stereocenters. The highest BCUT2D eigenvalue weighted by Gasteiger charge is 2.38. The van der Waals surface area contributed by atoms with E-state index < -0.39 is 23.7 Å². The molecule has 6 nitrogen and oxygen atoms in total. The number of amides is 1. The van der Waals surface area contributed by atoms with Gasteiger partial charge in [0.05, 0.1) is 6.61 Å². The number of ketones is 1. The van der Waals surface area contributed by atoms with Crippen LogP contribution in [-0.4, -0.2) is 46.7 Å². The summed E-state index contributed by atoms with van der Waals surface area (Å²) in [5, 5.41) is 0. The fraction of sp³-hybridized carbons (Fsp3) is 0.600. The molecule has 0 saturated carbocycles. The summed E-state index contributed by atoms with van der Waals surface area (Å²) in [7, 11) is 0. The number of esters is 1. The maximum atomic E-state index is 12.5. The SMILES string of the molecule is CCCC(C)C(=O)C(=O)N1CCCC1C(=O)OCCCc1cccnc1. The van der Waals surface area contributed by atoms with Gasteiger partial charge in [-0.15, -0.1) is 0 Å². The van der Waals surface area contributed by atoms with Gasteiger partial charge >= 0.3 is 5.97 Å². The number of aryl methyl sites for hydroxylation is 1. The third kappa shape index (κ3) is 5.38. The first-order valence-corrected chi connectivity index (χ1v) is 9.45. The Morgan fingerprint density at radius 3 is 2.88 bits per heavy atom. The summed E-state index contributed by atoms with van der Waals surface area (Å²) in [6, 6.07) is 3.23. The zero-order valence-corrected chi connectivity index (χ0v) is 15.6. The topological polar surface area (TPSA) is 76.6 Å². The molecule has 0 aliphatic carbocycles. The van der Waals surface area contributed by atoms with Crippen LogP contribution < -0.4 is 0 Å². The number of carbonyl (C=O) groups excluding carboxylic acids is 3. The van der Waals surface area contributed by atoms with Crippen LogP contribution in [0.5, 0.6) is 0 Å². The molecule has 2 rings (SSSR count). The van der Waals surface area contributed by atoms with E-state index in [9.17, 15) is 14.4 Å². The smallest absolute Gasteiger partial charge is 0.328 e.